The van der Waals surface area contributed by atoms with Crippen molar-refractivity contribution in [2.24, 2.45) is 0 Å². The van der Waals surface area contributed by atoms with Crippen LogP contribution in [0.4, 0.5) is 17.2 Å². The standard InChI is InChI=1S/C23H29N5O/c1-13-7-16(9-17(24)8-13)14(2)25-22-18-10-20-21(11-19(18)26-15(3)27-22)29-23(4,5)12-28(20)6/h7-11,14H,12,24H2,1-6H3,(H,25,26,27)/t14-/m1/s1. The molecule has 3 N–H and O–H groups in total. The Hall–Kier alpha value is -3.02. The van der Waals surface area contributed by atoms with Crippen LogP contribution in [0.5, 0.6) is 5.75 Å². The molecule has 1 aromatic heterocycles. The third kappa shape index (κ3) is 3.79. The maximum Gasteiger partial charge on any atom is 0.145 e. The van der Waals surface area contributed by atoms with Gasteiger partial charge < -0.3 is 20.7 Å². The lowest BCUT2D eigenvalue weighted by Gasteiger charge is -2.39. The van der Waals surface area contributed by atoms with Gasteiger partial charge in [-0.05, 0) is 63.9 Å². The lowest BCUT2D eigenvalue weighted by atomic mass is 10.0. The molecule has 152 valence electrons. The van der Waals surface area contributed by atoms with Crippen molar-refractivity contribution in [3.8, 4) is 5.75 Å². The number of likely N-dealkylation sites (N-methyl/N-ethyl adjacent to an activating group) is 1. The van der Waals surface area contributed by atoms with Gasteiger partial charge in [0.25, 0.3) is 0 Å². The molecule has 2 heterocycles. The number of fused-ring (bicyclic) bond motifs is 2. The van der Waals surface area contributed by atoms with Crippen LogP contribution in [0.25, 0.3) is 10.9 Å². The number of aromatic nitrogens is 2. The number of hydrogen-bond acceptors (Lipinski definition) is 6. The van der Waals surface area contributed by atoms with Crippen LogP contribution in [0, 0.1) is 13.8 Å². The van der Waals surface area contributed by atoms with E-state index in [9.17, 15) is 0 Å². The molecule has 3 aromatic rings. The van der Waals surface area contributed by atoms with Gasteiger partial charge in [0.05, 0.1) is 23.8 Å². The van der Waals surface area contributed by atoms with Crippen LogP contribution >= 0.6 is 0 Å². The van der Waals surface area contributed by atoms with Crippen molar-refractivity contribution in [2.75, 3.05) is 29.5 Å². The van der Waals surface area contributed by atoms with E-state index >= 15 is 0 Å². The number of nitrogen functional groups attached to an aromatic ring is 1. The number of rotatable bonds is 3. The molecule has 0 amide bonds. The minimum Gasteiger partial charge on any atom is -0.484 e. The number of benzene rings is 2. The molecule has 1 aliphatic rings. The highest BCUT2D eigenvalue weighted by Gasteiger charge is 2.30. The second kappa shape index (κ2) is 6.79. The minimum absolute atomic E-state index is 0.0543. The predicted octanol–water partition coefficient (Wildman–Crippen LogP) is 4.61. The molecule has 6 nitrogen and oxygen atoms in total. The molecule has 1 aliphatic heterocycles. The highest BCUT2D eigenvalue weighted by molar-refractivity contribution is 5.94. The summed E-state index contributed by atoms with van der Waals surface area (Å²) in [4.78, 5) is 11.6. The average Bonchev–Trinajstić information content (AvgIpc) is 2.58. The van der Waals surface area contributed by atoms with Crippen LogP contribution in [-0.4, -0.2) is 29.2 Å². The van der Waals surface area contributed by atoms with E-state index in [1.54, 1.807) is 0 Å². The van der Waals surface area contributed by atoms with Crippen molar-refractivity contribution in [1.82, 2.24) is 9.97 Å². The number of ether oxygens (including phenoxy) is 1. The van der Waals surface area contributed by atoms with Crippen LogP contribution < -0.4 is 20.7 Å². The molecule has 0 bridgehead atoms. The third-order valence-corrected chi connectivity index (χ3v) is 5.28. The van der Waals surface area contributed by atoms with Gasteiger partial charge in [-0.1, -0.05) is 6.07 Å². The van der Waals surface area contributed by atoms with Crippen LogP contribution in [0.15, 0.2) is 30.3 Å². The number of hydrogen-bond donors (Lipinski definition) is 2. The third-order valence-electron chi connectivity index (χ3n) is 5.28. The van der Waals surface area contributed by atoms with Gasteiger partial charge in [-0.2, -0.15) is 0 Å². The number of nitrogens with one attached hydrogen (secondary N) is 1. The SMILES string of the molecule is Cc1cc(N)cc([C@@H](C)Nc2nc(C)nc3cc4c(cc23)N(C)CC(C)(C)O4)c1. The van der Waals surface area contributed by atoms with Crippen LogP contribution in [0.3, 0.4) is 0 Å². The number of nitrogens with two attached hydrogens (primary N) is 1. The second-order valence-electron chi connectivity index (χ2n) is 8.72. The molecule has 6 heteroatoms. The topological polar surface area (TPSA) is 76.3 Å². The Morgan fingerprint density at radius 2 is 1.90 bits per heavy atom. The zero-order valence-corrected chi connectivity index (χ0v) is 18.0. The molecule has 0 aliphatic carbocycles. The van der Waals surface area contributed by atoms with Crippen molar-refractivity contribution < 1.29 is 4.74 Å². The van der Waals surface area contributed by atoms with E-state index in [2.05, 4.69) is 62.1 Å². The first-order chi connectivity index (χ1) is 13.6. The van der Waals surface area contributed by atoms with Crippen molar-refractivity contribution in [1.29, 1.82) is 0 Å². The zero-order valence-electron chi connectivity index (χ0n) is 18.0. The predicted molar refractivity (Wildman–Crippen MR) is 120 cm³/mol. The van der Waals surface area contributed by atoms with Gasteiger partial charge >= 0.3 is 0 Å². The molecule has 0 fully saturated rings. The van der Waals surface area contributed by atoms with Gasteiger partial charge in [-0.25, -0.2) is 9.97 Å². The molecule has 4 rings (SSSR count). The van der Waals surface area contributed by atoms with Crippen molar-refractivity contribution in [3.63, 3.8) is 0 Å². The van der Waals surface area contributed by atoms with Gasteiger partial charge in [0, 0.05) is 24.2 Å². The highest BCUT2D eigenvalue weighted by Crippen LogP contribution is 2.40. The largest absolute Gasteiger partial charge is 0.484 e. The van der Waals surface area contributed by atoms with E-state index in [-0.39, 0.29) is 11.6 Å². The zero-order chi connectivity index (χ0) is 20.9. The monoisotopic (exact) mass is 391 g/mol. The van der Waals surface area contributed by atoms with E-state index in [0.29, 0.717) is 0 Å². The van der Waals surface area contributed by atoms with Gasteiger partial charge in [-0.15, -0.1) is 0 Å². The quantitative estimate of drug-likeness (QED) is 0.635. The van der Waals surface area contributed by atoms with Crippen molar-refractivity contribution in [3.05, 3.63) is 47.3 Å². The fourth-order valence-corrected chi connectivity index (χ4v) is 4.12. The van der Waals surface area contributed by atoms with E-state index in [1.807, 2.05) is 25.1 Å². The fraction of sp³-hybridized carbons (Fsp3) is 0.391. The summed E-state index contributed by atoms with van der Waals surface area (Å²) in [7, 11) is 2.09. The Morgan fingerprint density at radius 3 is 2.62 bits per heavy atom. The Kier molecular flexibility index (Phi) is 4.52. The van der Waals surface area contributed by atoms with Gasteiger partial charge in [0.2, 0.25) is 0 Å². The molecule has 0 radical (unpaired) electrons. The first-order valence-electron chi connectivity index (χ1n) is 9.97. The molecule has 0 spiro atoms. The van der Waals surface area contributed by atoms with Gasteiger partial charge in [-0.3, -0.25) is 0 Å². The lowest BCUT2D eigenvalue weighted by Crippen LogP contribution is -2.45. The van der Waals surface area contributed by atoms with E-state index in [1.165, 1.54) is 0 Å². The molecule has 0 unspecified atom stereocenters. The number of anilines is 3. The van der Waals surface area contributed by atoms with Crippen molar-refractivity contribution >= 4 is 28.1 Å². The molecule has 29 heavy (non-hydrogen) atoms. The van der Waals surface area contributed by atoms with Crippen LogP contribution in [-0.2, 0) is 0 Å². The highest BCUT2D eigenvalue weighted by atomic mass is 16.5. The summed E-state index contributed by atoms with van der Waals surface area (Å²) in [6.07, 6.45) is 0. The normalized spacial score (nSPS) is 16.3. The maximum atomic E-state index is 6.22. The van der Waals surface area contributed by atoms with E-state index in [4.69, 9.17) is 15.5 Å². The number of nitrogens with zero attached hydrogens (tertiary/aromatic N) is 3. The van der Waals surface area contributed by atoms with Crippen LogP contribution in [0.1, 0.15) is 43.8 Å². The molecule has 2 aromatic carbocycles. The summed E-state index contributed by atoms with van der Waals surface area (Å²) >= 11 is 0. The Morgan fingerprint density at radius 1 is 1.14 bits per heavy atom. The molecule has 0 saturated heterocycles. The minimum atomic E-state index is -0.238. The summed E-state index contributed by atoms with van der Waals surface area (Å²) in [6.45, 7) is 11.1. The fourth-order valence-electron chi connectivity index (χ4n) is 4.12. The molecular formula is C23H29N5O. The van der Waals surface area contributed by atoms with E-state index in [0.717, 1.165) is 57.3 Å². The second-order valence-corrected chi connectivity index (χ2v) is 8.72. The summed E-state index contributed by atoms with van der Waals surface area (Å²) in [6, 6.07) is 10.3. The number of aryl methyl sites for hydroxylation is 2. The lowest BCUT2D eigenvalue weighted by molar-refractivity contribution is 0.107. The molecular weight excluding hydrogens is 362 g/mol. The molecule has 1 atom stereocenters. The average molecular weight is 392 g/mol. The molecule has 0 saturated carbocycles. The smallest absolute Gasteiger partial charge is 0.145 e. The Bertz CT molecular complexity index is 1070. The van der Waals surface area contributed by atoms with Crippen LogP contribution in [0.2, 0.25) is 0 Å². The summed E-state index contributed by atoms with van der Waals surface area (Å²) in [5.41, 5.74) is 10.8. The first kappa shape index (κ1) is 19.3. The van der Waals surface area contributed by atoms with E-state index < -0.39 is 0 Å². The van der Waals surface area contributed by atoms with Crippen molar-refractivity contribution in [2.45, 2.75) is 46.3 Å². The summed E-state index contributed by atoms with van der Waals surface area (Å²) in [5, 5.41) is 4.55. The Balaban J connectivity index is 1.77. The summed E-state index contributed by atoms with van der Waals surface area (Å²) < 4.78 is 6.22. The van der Waals surface area contributed by atoms with Gasteiger partial charge in [0.15, 0.2) is 0 Å². The Labute approximate surface area is 172 Å². The first-order valence-corrected chi connectivity index (χ1v) is 9.97. The summed E-state index contributed by atoms with van der Waals surface area (Å²) in [5.74, 6) is 2.40. The van der Waals surface area contributed by atoms with Gasteiger partial charge in [0.1, 0.15) is 23.0 Å². The maximum absolute atomic E-state index is 6.22.